The molecule has 0 amide bonds. The van der Waals surface area contributed by atoms with Crippen LogP contribution in [0, 0.1) is 0 Å². The molecule has 0 atom stereocenters. The van der Waals surface area contributed by atoms with Gasteiger partial charge in [-0.25, -0.2) is 0 Å². The molecule has 0 aliphatic rings. The Hall–Kier alpha value is -1.51. The van der Waals surface area contributed by atoms with Gasteiger partial charge in [-0.1, -0.05) is 13.8 Å². The first kappa shape index (κ1) is 9.06. The van der Waals surface area contributed by atoms with E-state index in [1.165, 1.54) is 5.69 Å². The zero-order valence-corrected chi connectivity index (χ0v) is 8.78. The summed E-state index contributed by atoms with van der Waals surface area (Å²) in [7, 11) is 2.05. The molecular weight excluding hydrogens is 174 g/mol. The second-order valence-electron chi connectivity index (χ2n) is 3.94. The van der Waals surface area contributed by atoms with Crippen LogP contribution in [-0.2, 0) is 7.05 Å². The van der Waals surface area contributed by atoms with Crippen LogP contribution < -0.4 is 5.73 Å². The number of nitrogen functional groups attached to an aromatic ring is 1. The van der Waals surface area contributed by atoms with Crippen molar-refractivity contribution in [1.82, 2.24) is 9.55 Å². The van der Waals surface area contributed by atoms with Crippen molar-refractivity contribution in [1.29, 1.82) is 0 Å². The fraction of sp³-hybridized carbons (Fsp3) is 0.364. The van der Waals surface area contributed by atoms with E-state index >= 15 is 0 Å². The Kier molecular flexibility index (Phi) is 1.95. The van der Waals surface area contributed by atoms with Crippen LogP contribution in [0.3, 0.4) is 0 Å². The fourth-order valence-corrected chi connectivity index (χ4v) is 1.84. The molecule has 2 rings (SSSR count). The second kappa shape index (κ2) is 3.01. The Labute approximate surface area is 83.6 Å². The molecule has 0 radical (unpaired) electrons. The van der Waals surface area contributed by atoms with Gasteiger partial charge < -0.3 is 10.3 Å². The van der Waals surface area contributed by atoms with Crippen molar-refractivity contribution < 1.29 is 0 Å². The minimum Gasteiger partial charge on any atom is -0.397 e. The maximum Gasteiger partial charge on any atom is 0.0687 e. The maximum absolute atomic E-state index is 5.86. The normalized spacial score (nSPS) is 11.4. The van der Waals surface area contributed by atoms with Gasteiger partial charge in [-0.15, -0.1) is 0 Å². The Balaban J connectivity index is 2.80. The first-order valence-corrected chi connectivity index (χ1v) is 4.80. The molecule has 0 spiro atoms. The van der Waals surface area contributed by atoms with Crippen molar-refractivity contribution in [2.75, 3.05) is 5.73 Å². The van der Waals surface area contributed by atoms with Crippen LogP contribution in [0.4, 0.5) is 5.69 Å². The van der Waals surface area contributed by atoms with E-state index in [1.807, 2.05) is 6.20 Å². The summed E-state index contributed by atoms with van der Waals surface area (Å²) in [6.07, 6.45) is 3.56. The summed E-state index contributed by atoms with van der Waals surface area (Å²) >= 11 is 0. The van der Waals surface area contributed by atoms with Crippen LogP contribution in [0.5, 0.6) is 0 Å². The molecule has 3 heteroatoms. The van der Waals surface area contributed by atoms with Gasteiger partial charge in [0.15, 0.2) is 0 Å². The van der Waals surface area contributed by atoms with E-state index in [-0.39, 0.29) is 0 Å². The molecule has 0 aliphatic carbocycles. The topological polar surface area (TPSA) is 43.8 Å². The molecule has 2 heterocycles. The van der Waals surface area contributed by atoms with E-state index in [9.17, 15) is 0 Å². The molecule has 2 aromatic heterocycles. The summed E-state index contributed by atoms with van der Waals surface area (Å²) in [4.78, 5) is 4.10. The number of hydrogen-bond acceptors (Lipinski definition) is 2. The average molecular weight is 189 g/mol. The first-order valence-electron chi connectivity index (χ1n) is 4.80. The molecule has 2 aromatic rings. The lowest BCUT2D eigenvalue weighted by molar-refractivity contribution is 0.755. The zero-order valence-electron chi connectivity index (χ0n) is 8.78. The van der Waals surface area contributed by atoms with Gasteiger partial charge in [0, 0.05) is 18.1 Å². The van der Waals surface area contributed by atoms with Gasteiger partial charge in [0.05, 0.1) is 23.6 Å². The highest BCUT2D eigenvalue weighted by Crippen LogP contribution is 2.26. The number of anilines is 1. The molecule has 0 aliphatic heterocycles. The molecule has 0 fully saturated rings. The van der Waals surface area contributed by atoms with Crippen LogP contribution >= 0.6 is 0 Å². The van der Waals surface area contributed by atoms with Gasteiger partial charge in [-0.3, -0.25) is 4.98 Å². The summed E-state index contributed by atoms with van der Waals surface area (Å²) in [5.41, 5.74) is 9.01. The summed E-state index contributed by atoms with van der Waals surface area (Å²) < 4.78 is 2.16. The summed E-state index contributed by atoms with van der Waals surface area (Å²) in [5.74, 6) is 0.506. The number of aryl methyl sites for hydroxylation is 1. The molecule has 0 unspecified atom stereocenters. The first-order chi connectivity index (χ1) is 6.61. The Morgan fingerprint density at radius 2 is 2.07 bits per heavy atom. The zero-order chi connectivity index (χ0) is 10.3. The van der Waals surface area contributed by atoms with Crippen molar-refractivity contribution in [3.63, 3.8) is 0 Å². The van der Waals surface area contributed by atoms with Gasteiger partial charge in [0.2, 0.25) is 0 Å². The molecule has 0 saturated heterocycles. The van der Waals surface area contributed by atoms with Crippen molar-refractivity contribution >= 4 is 16.6 Å². The number of pyridine rings is 1. The molecule has 0 aromatic carbocycles. The average Bonchev–Trinajstić information content (AvgIpc) is 2.46. The molecule has 14 heavy (non-hydrogen) atoms. The van der Waals surface area contributed by atoms with Crippen molar-refractivity contribution in [2.45, 2.75) is 19.8 Å². The quantitative estimate of drug-likeness (QED) is 0.748. The number of hydrogen-bond donors (Lipinski definition) is 1. The smallest absolute Gasteiger partial charge is 0.0687 e. The molecule has 3 nitrogen and oxygen atoms in total. The van der Waals surface area contributed by atoms with E-state index in [1.54, 1.807) is 6.20 Å². The van der Waals surface area contributed by atoms with Crippen LogP contribution in [0.15, 0.2) is 18.5 Å². The highest BCUT2D eigenvalue weighted by Gasteiger charge is 2.10. The number of nitrogens with two attached hydrogens (primary N) is 1. The van der Waals surface area contributed by atoms with Crippen molar-refractivity contribution in [3.8, 4) is 0 Å². The third-order valence-corrected chi connectivity index (χ3v) is 2.63. The van der Waals surface area contributed by atoms with E-state index in [0.717, 1.165) is 16.6 Å². The SMILES string of the molecule is CC(C)c1cc2c(N)cncc2n1C. The summed E-state index contributed by atoms with van der Waals surface area (Å²) in [6.45, 7) is 4.36. The standard InChI is InChI=1S/C11H15N3/c1-7(2)10-4-8-9(12)5-13-6-11(8)14(10)3/h4-7H,12H2,1-3H3. The van der Waals surface area contributed by atoms with Gasteiger partial charge in [0.25, 0.3) is 0 Å². The third-order valence-electron chi connectivity index (χ3n) is 2.63. The number of aromatic nitrogens is 2. The van der Waals surface area contributed by atoms with E-state index in [0.29, 0.717) is 5.92 Å². The lowest BCUT2D eigenvalue weighted by Crippen LogP contribution is -1.97. The second-order valence-corrected chi connectivity index (χ2v) is 3.94. The van der Waals surface area contributed by atoms with Crippen molar-refractivity contribution in [2.24, 2.45) is 7.05 Å². The third kappa shape index (κ3) is 1.16. The van der Waals surface area contributed by atoms with Crippen LogP contribution in [0.25, 0.3) is 10.9 Å². The Morgan fingerprint density at radius 1 is 1.36 bits per heavy atom. The Morgan fingerprint density at radius 3 is 2.64 bits per heavy atom. The maximum atomic E-state index is 5.86. The van der Waals surface area contributed by atoms with Gasteiger partial charge >= 0.3 is 0 Å². The summed E-state index contributed by atoms with van der Waals surface area (Å²) in [6, 6.07) is 2.15. The lowest BCUT2D eigenvalue weighted by Gasteiger charge is -2.06. The van der Waals surface area contributed by atoms with E-state index < -0.39 is 0 Å². The highest BCUT2D eigenvalue weighted by atomic mass is 15.0. The van der Waals surface area contributed by atoms with Gasteiger partial charge in [-0.05, 0) is 12.0 Å². The Bertz CT molecular complexity index is 469. The molecule has 0 bridgehead atoms. The molecular formula is C11H15N3. The monoisotopic (exact) mass is 189 g/mol. The lowest BCUT2D eigenvalue weighted by atomic mass is 10.1. The molecule has 2 N–H and O–H groups in total. The van der Waals surface area contributed by atoms with Gasteiger partial charge in [0.1, 0.15) is 0 Å². The predicted octanol–water partition coefficient (Wildman–Crippen LogP) is 2.28. The van der Waals surface area contributed by atoms with Crippen LogP contribution in [0.2, 0.25) is 0 Å². The predicted molar refractivity (Wildman–Crippen MR) is 59.2 cm³/mol. The van der Waals surface area contributed by atoms with Gasteiger partial charge in [-0.2, -0.15) is 0 Å². The minimum atomic E-state index is 0.506. The largest absolute Gasteiger partial charge is 0.397 e. The number of rotatable bonds is 1. The number of nitrogens with zero attached hydrogens (tertiary/aromatic N) is 2. The fourth-order valence-electron chi connectivity index (χ4n) is 1.84. The van der Waals surface area contributed by atoms with E-state index in [2.05, 4.69) is 36.5 Å². The van der Waals surface area contributed by atoms with E-state index in [4.69, 9.17) is 5.73 Å². The highest BCUT2D eigenvalue weighted by molar-refractivity contribution is 5.91. The van der Waals surface area contributed by atoms with Crippen LogP contribution in [0.1, 0.15) is 25.5 Å². The molecule has 74 valence electrons. The molecule has 0 saturated carbocycles. The minimum absolute atomic E-state index is 0.506. The number of fused-ring (bicyclic) bond motifs is 1. The summed E-state index contributed by atoms with van der Waals surface area (Å²) in [5, 5.41) is 1.10. The van der Waals surface area contributed by atoms with Crippen LogP contribution in [-0.4, -0.2) is 9.55 Å². The van der Waals surface area contributed by atoms with Crippen molar-refractivity contribution in [3.05, 3.63) is 24.2 Å².